The average Bonchev–Trinajstić information content (AvgIpc) is 2.82. The summed E-state index contributed by atoms with van der Waals surface area (Å²) < 4.78 is 10.4. The molecular weight excluding hydrogens is 315 g/mol. The van der Waals surface area contributed by atoms with E-state index in [0.717, 1.165) is 11.1 Å². The van der Waals surface area contributed by atoms with Gasteiger partial charge in [0.15, 0.2) is 0 Å². The lowest BCUT2D eigenvalue weighted by molar-refractivity contribution is -0.134. The van der Waals surface area contributed by atoms with Crippen molar-refractivity contribution < 1.29 is 29.1 Å². The Morgan fingerprint density at radius 3 is 2.71 bits per heavy atom. The second-order valence-corrected chi connectivity index (χ2v) is 6.47. The van der Waals surface area contributed by atoms with Gasteiger partial charge in [-0.1, -0.05) is 0 Å². The molecule has 130 valence electrons. The van der Waals surface area contributed by atoms with E-state index in [4.69, 9.17) is 14.5 Å². The fourth-order valence-corrected chi connectivity index (χ4v) is 2.32. The molecule has 2 rings (SSSR count). The van der Waals surface area contributed by atoms with Gasteiger partial charge in [-0.05, 0) is 49.5 Å². The van der Waals surface area contributed by atoms with Gasteiger partial charge in [0.05, 0.1) is 6.61 Å². The van der Waals surface area contributed by atoms with Crippen molar-refractivity contribution in [2.75, 3.05) is 11.9 Å². The first-order valence-corrected chi connectivity index (χ1v) is 7.53. The van der Waals surface area contributed by atoms with Crippen LogP contribution in [0.25, 0.3) is 0 Å². The van der Waals surface area contributed by atoms with E-state index in [9.17, 15) is 14.6 Å². The van der Waals surface area contributed by atoms with Crippen LogP contribution in [0, 0.1) is 0 Å². The molecule has 4 N–H and O–H groups in total. The Morgan fingerprint density at radius 2 is 2.08 bits per heavy atom. The molecule has 9 heteroatoms. The number of carboxylic acid groups (broad SMARTS) is 1. The van der Waals surface area contributed by atoms with E-state index >= 15 is 0 Å². The smallest absolute Gasteiger partial charge is 0.480 e. The van der Waals surface area contributed by atoms with Crippen molar-refractivity contribution in [3.8, 4) is 0 Å². The monoisotopic (exact) mass is 336 g/mol. The van der Waals surface area contributed by atoms with Crippen molar-refractivity contribution in [1.29, 1.82) is 0 Å². The van der Waals surface area contributed by atoms with E-state index in [1.54, 1.807) is 32.9 Å². The van der Waals surface area contributed by atoms with Crippen molar-refractivity contribution in [1.82, 2.24) is 5.32 Å². The summed E-state index contributed by atoms with van der Waals surface area (Å²) in [6.45, 7) is 5.45. The number of anilines is 1. The summed E-state index contributed by atoms with van der Waals surface area (Å²) in [7, 11) is -1.06. The van der Waals surface area contributed by atoms with Crippen molar-refractivity contribution >= 4 is 30.3 Å². The molecule has 0 unspecified atom stereocenters. The van der Waals surface area contributed by atoms with Crippen LogP contribution >= 0.6 is 0 Å². The molecule has 1 aromatic rings. The molecule has 0 saturated carbocycles. The molecule has 1 aliphatic rings. The molecule has 1 amide bonds. The molecule has 0 saturated heterocycles. The number of ether oxygens (including phenoxy) is 1. The average molecular weight is 336 g/mol. The number of aliphatic carboxylic acids is 1. The number of carbonyl (C=O) groups is 2. The third kappa shape index (κ3) is 4.87. The number of carboxylic acids is 1. The fourth-order valence-electron chi connectivity index (χ4n) is 2.32. The molecule has 1 aliphatic heterocycles. The number of alkyl carbamates (subject to hydrolysis) is 1. The molecule has 0 fully saturated rings. The van der Waals surface area contributed by atoms with E-state index in [1.165, 1.54) is 0 Å². The standard InChI is InChI=1S/C15H21BN2O6/c1-15(2,3)24-14(21)18-6-9-4-10(17-7-13(19)20)5-12-11(9)8-23-16(12)22/h4-5,17,22H,6-8H2,1-3H3,(H,18,21)(H,19,20). The number of nitrogens with one attached hydrogen (secondary N) is 2. The Bertz CT molecular complexity index is 644. The second kappa shape index (κ2) is 7.10. The largest absolute Gasteiger partial charge is 0.491 e. The highest BCUT2D eigenvalue weighted by Crippen LogP contribution is 2.20. The summed E-state index contributed by atoms with van der Waals surface area (Å²) >= 11 is 0. The minimum Gasteiger partial charge on any atom is -0.480 e. The van der Waals surface area contributed by atoms with Gasteiger partial charge in [0.1, 0.15) is 12.1 Å². The zero-order valence-corrected chi connectivity index (χ0v) is 13.9. The highest BCUT2D eigenvalue weighted by atomic mass is 16.6. The van der Waals surface area contributed by atoms with Crippen molar-refractivity contribution in [3.05, 3.63) is 23.3 Å². The molecule has 0 atom stereocenters. The maximum atomic E-state index is 11.8. The summed E-state index contributed by atoms with van der Waals surface area (Å²) in [6.07, 6.45) is -0.556. The maximum Gasteiger partial charge on any atom is 0.491 e. The highest BCUT2D eigenvalue weighted by Gasteiger charge is 2.30. The molecule has 0 aromatic heterocycles. The topological polar surface area (TPSA) is 117 Å². The quantitative estimate of drug-likeness (QED) is 0.576. The number of hydrogen-bond acceptors (Lipinski definition) is 6. The van der Waals surface area contributed by atoms with Crippen molar-refractivity contribution in [3.63, 3.8) is 0 Å². The van der Waals surface area contributed by atoms with Gasteiger partial charge < -0.3 is 30.2 Å². The molecular formula is C15H21BN2O6. The van der Waals surface area contributed by atoms with Crippen LogP contribution < -0.4 is 16.1 Å². The Labute approximate surface area is 140 Å². The van der Waals surface area contributed by atoms with Gasteiger partial charge >= 0.3 is 19.2 Å². The van der Waals surface area contributed by atoms with Crippen LogP contribution in [0.5, 0.6) is 0 Å². The van der Waals surface area contributed by atoms with E-state index in [1.807, 2.05) is 0 Å². The van der Waals surface area contributed by atoms with Crippen LogP contribution in [0.2, 0.25) is 0 Å². The zero-order chi connectivity index (χ0) is 17.9. The van der Waals surface area contributed by atoms with Gasteiger partial charge in [-0.3, -0.25) is 4.79 Å². The predicted molar refractivity (Wildman–Crippen MR) is 88.0 cm³/mol. The van der Waals surface area contributed by atoms with Gasteiger partial charge in [0.2, 0.25) is 0 Å². The fraction of sp³-hybridized carbons (Fsp3) is 0.467. The van der Waals surface area contributed by atoms with Crippen molar-refractivity contribution in [2.24, 2.45) is 0 Å². The molecule has 0 aliphatic carbocycles. The Morgan fingerprint density at radius 1 is 1.38 bits per heavy atom. The number of carbonyl (C=O) groups excluding carboxylic acids is 1. The Hall–Kier alpha value is -2.26. The minimum absolute atomic E-state index is 0.177. The SMILES string of the molecule is CC(C)(C)OC(=O)NCc1cc(NCC(=O)O)cc2c1COB2O. The van der Waals surface area contributed by atoms with Crippen LogP contribution in [0.4, 0.5) is 10.5 Å². The van der Waals surface area contributed by atoms with Crippen LogP contribution in [-0.4, -0.2) is 41.5 Å². The minimum atomic E-state index is -1.06. The van der Waals surface area contributed by atoms with E-state index in [0.29, 0.717) is 11.2 Å². The van der Waals surface area contributed by atoms with Gasteiger partial charge in [-0.2, -0.15) is 0 Å². The van der Waals surface area contributed by atoms with Gasteiger partial charge in [0.25, 0.3) is 0 Å². The lowest BCUT2D eigenvalue weighted by atomic mass is 9.78. The Kier molecular flexibility index (Phi) is 5.35. The third-order valence-electron chi connectivity index (χ3n) is 3.29. The van der Waals surface area contributed by atoms with Crippen LogP contribution in [0.15, 0.2) is 12.1 Å². The van der Waals surface area contributed by atoms with E-state index in [2.05, 4.69) is 10.6 Å². The van der Waals surface area contributed by atoms with Crippen LogP contribution in [0.3, 0.4) is 0 Å². The summed E-state index contributed by atoms with van der Waals surface area (Å²) in [5.74, 6) is -0.999. The van der Waals surface area contributed by atoms with Gasteiger partial charge in [-0.25, -0.2) is 4.79 Å². The first-order chi connectivity index (χ1) is 11.2. The summed E-state index contributed by atoms with van der Waals surface area (Å²) in [5, 5.41) is 24.0. The molecule has 0 radical (unpaired) electrons. The normalized spacial score (nSPS) is 13.4. The maximum absolute atomic E-state index is 11.8. The number of hydrogen-bond donors (Lipinski definition) is 4. The number of rotatable bonds is 5. The lowest BCUT2D eigenvalue weighted by Gasteiger charge is -2.20. The van der Waals surface area contributed by atoms with E-state index in [-0.39, 0.29) is 19.7 Å². The van der Waals surface area contributed by atoms with Gasteiger partial charge in [0, 0.05) is 12.2 Å². The first kappa shape index (κ1) is 18.1. The lowest BCUT2D eigenvalue weighted by Crippen LogP contribution is -2.33. The Balaban J connectivity index is 2.14. The van der Waals surface area contributed by atoms with Crippen LogP contribution in [0.1, 0.15) is 31.9 Å². The molecule has 0 bridgehead atoms. The van der Waals surface area contributed by atoms with Crippen LogP contribution in [-0.2, 0) is 27.3 Å². The first-order valence-electron chi connectivity index (χ1n) is 7.53. The molecule has 0 spiro atoms. The van der Waals surface area contributed by atoms with Crippen molar-refractivity contribution in [2.45, 2.75) is 39.5 Å². The summed E-state index contributed by atoms with van der Waals surface area (Å²) in [5.41, 5.74) is 1.99. The predicted octanol–water partition coefficient (Wildman–Crippen LogP) is 0.426. The zero-order valence-electron chi connectivity index (χ0n) is 13.9. The van der Waals surface area contributed by atoms with E-state index < -0.39 is 24.8 Å². The highest BCUT2D eigenvalue weighted by molar-refractivity contribution is 6.61. The summed E-state index contributed by atoms with van der Waals surface area (Å²) in [6, 6.07) is 3.37. The molecule has 8 nitrogen and oxygen atoms in total. The number of fused-ring (bicyclic) bond motifs is 1. The molecule has 1 aromatic carbocycles. The van der Waals surface area contributed by atoms with Gasteiger partial charge in [-0.15, -0.1) is 0 Å². The summed E-state index contributed by atoms with van der Waals surface area (Å²) in [4.78, 5) is 22.5. The second-order valence-electron chi connectivity index (χ2n) is 6.47. The molecule has 1 heterocycles. The molecule has 24 heavy (non-hydrogen) atoms. The number of benzene rings is 1. The third-order valence-corrected chi connectivity index (χ3v) is 3.29. The number of amides is 1.